The Labute approximate surface area is 96.4 Å². The van der Waals surface area contributed by atoms with Gasteiger partial charge in [0.2, 0.25) is 0 Å². The average Bonchev–Trinajstić information content (AvgIpc) is 2.30. The van der Waals surface area contributed by atoms with E-state index in [1.165, 1.54) is 0 Å². The lowest BCUT2D eigenvalue weighted by Gasteiger charge is -2.21. The molecule has 1 aromatic rings. The molecule has 0 aliphatic rings. The minimum Gasteiger partial charge on any atom is -0.385 e. The number of hydrogen-bond acceptors (Lipinski definition) is 5. The minimum atomic E-state index is -0.0317. The van der Waals surface area contributed by atoms with Crippen molar-refractivity contribution in [3.05, 3.63) is 23.8 Å². The summed E-state index contributed by atoms with van der Waals surface area (Å²) >= 11 is 0. The zero-order valence-electron chi connectivity index (χ0n) is 10.1. The van der Waals surface area contributed by atoms with Crippen LogP contribution >= 0.6 is 0 Å². The van der Waals surface area contributed by atoms with Crippen LogP contribution in [0.1, 0.15) is 30.8 Å². The second-order valence-electron chi connectivity index (χ2n) is 4.02. The van der Waals surface area contributed by atoms with Crippen LogP contribution in [0.5, 0.6) is 0 Å². The Morgan fingerprint density at radius 1 is 1.44 bits per heavy atom. The summed E-state index contributed by atoms with van der Waals surface area (Å²) in [5, 5.41) is 0. The molecular weight excluding hydrogens is 204 g/mol. The van der Waals surface area contributed by atoms with Crippen molar-refractivity contribution in [3.8, 4) is 0 Å². The molecule has 5 heteroatoms. The monoisotopic (exact) mass is 224 g/mol. The van der Waals surface area contributed by atoms with E-state index >= 15 is 0 Å². The predicted molar refractivity (Wildman–Crippen MR) is 62.5 cm³/mol. The van der Waals surface area contributed by atoms with Gasteiger partial charge in [-0.25, -0.2) is 15.4 Å². The molecular formula is C11H20N4O. The van der Waals surface area contributed by atoms with E-state index in [4.69, 9.17) is 10.6 Å². The summed E-state index contributed by atoms with van der Waals surface area (Å²) in [6, 6.07) is -0.0317. The van der Waals surface area contributed by atoms with Gasteiger partial charge in [-0.3, -0.25) is 5.84 Å². The van der Waals surface area contributed by atoms with Crippen molar-refractivity contribution in [1.82, 2.24) is 15.4 Å². The van der Waals surface area contributed by atoms with Crippen molar-refractivity contribution in [3.63, 3.8) is 0 Å². The molecule has 0 aliphatic carbocycles. The minimum absolute atomic E-state index is 0.0317. The highest BCUT2D eigenvalue weighted by molar-refractivity contribution is 5.05. The second kappa shape index (κ2) is 6.52. The molecule has 1 rings (SSSR count). The molecule has 1 aromatic heterocycles. The molecule has 0 aliphatic heterocycles. The van der Waals surface area contributed by atoms with Gasteiger partial charge in [-0.15, -0.1) is 0 Å². The Hall–Kier alpha value is -1.04. The smallest absolute Gasteiger partial charge is 0.146 e. The Morgan fingerprint density at radius 2 is 2.06 bits per heavy atom. The van der Waals surface area contributed by atoms with E-state index in [0.717, 1.165) is 17.8 Å². The SMILES string of the molecule is COCCC(C)C(NN)c1ncc(C)cn1. The Morgan fingerprint density at radius 3 is 2.56 bits per heavy atom. The maximum absolute atomic E-state index is 5.54. The summed E-state index contributed by atoms with van der Waals surface area (Å²) < 4.78 is 5.05. The van der Waals surface area contributed by atoms with Gasteiger partial charge >= 0.3 is 0 Å². The summed E-state index contributed by atoms with van der Waals surface area (Å²) in [5.41, 5.74) is 3.81. The highest BCUT2D eigenvalue weighted by Gasteiger charge is 2.20. The summed E-state index contributed by atoms with van der Waals surface area (Å²) in [6.45, 7) is 4.78. The number of nitrogens with zero attached hydrogens (tertiary/aromatic N) is 2. The average molecular weight is 224 g/mol. The van der Waals surface area contributed by atoms with Gasteiger partial charge in [-0.05, 0) is 24.8 Å². The van der Waals surface area contributed by atoms with Crippen LogP contribution in [0.3, 0.4) is 0 Å². The number of hydrogen-bond donors (Lipinski definition) is 2. The van der Waals surface area contributed by atoms with Gasteiger partial charge in [0, 0.05) is 26.1 Å². The zero-order valence-corrected chi connectivity index (χ0v) is 10.1. The lowest BCUT2D eigenvalue weighted by molar-refractivity contribution is 0.169. The zero-order chi connectivity index (χ0) is 12.0. The largest absolute Gasteiger partial charge is 0.385 e. The summed E-state index contributed by atoms with van der Waals surface area (Å²) in [4.78, 5) is 8.57. The number of aryl methyl sites for hydroxylation is 1. The molecule has 0 bridgehead atoms. The number of aromatic nitrogens is 2. The van der Waals surface area contributed by atoms with E-state index in [-0.39, 0.29) is 6.04 Å². The third-order valence-electron chi connectivity index (χ3n) is 2.60. The third-order valence-corrected chi connectivity index (χ3v) is 2.60. The molecule has 1 heterocycles. The fraction of sp³-hybridized carbons (Fsp3) is 0.636. The molecule has 0 amide bonds. The van der Waals surface area contributed by atoms with Crippen molar-refractivity contribution >= 4 is 0 Å². The molecule has 5 nitrogen and oxygen atoms in total. The first-order valence-corrected chi connectivity index (χ1v) is 5.42. The van der Waals surface area contributed by atoms with Crippen LogP contribution in [0.4, 0.5) is 0 Å². The van der Waals surface area contributed by atoms with Crippen molar-refractivity contribution in [2.75, 3.05) is 13.7 Å². The van der Waals surface area contributed by atoms with Crippen LogP contribution in [0.2, 0.25) is 0 Å². The first-order chi connectivity index (χ1) is 7.69. The summed E-state index contributed by atoms with van der Waals surface area (Å²) in [6.07, 6.45) is 4.52. The molecule has 90 valence electrons. The normalized spacial score (nSPS) is 14.8. The molecule has 0 radical (unpaired) electrons. The van der Waals surface area contributed by atoms with Crippen LogP contribution in [-0.2, 0) is 4.74 Å². The van der Waals surface area contributed by atoms with E-state index in [9.17, 15) is 0 Å². The van der Waals surface area contributed by atoms with Crippen molar-refractivity contribution < 1.29 is 4.74 Å². The molecule has 0 saturated carbocycles. The molecule has 16 heavy (non-hydrogen) atoms. The van der Waals surface area contributed by atoms with Gasteiger partial charge in [0.15, 0.2) is 0 Å². The number of nitrogens with one attached hydrogen (secondary N) is 1. The molecule has 0 saturated heterocycles. The van der Waals surface area contributed by atoms with E-state index in [0.29, 0.717) is 12.5 Å². The molecule has 3 N–H and O–H groups in total. The van der Waals surface area contributed by atoms with Crippen LogP contribution in [0.25, 0.3) is 0 Å². The van der Waals surface area contributed by atoms with Gasteiger partial charge < -0.3 is 4.74 Å². The van der Waals surface area contributed by atoms with Gasteiger partial charge in [0.1, 0.15) is 5.82 Å². The maximum Gasteiger partial charge on any atom is 0.146 e. The van der Waals surface area contributed by atoms with Crippen molar-refractivity contribution in [2.45, 2.75) is 26.3 Å². The molecule has 2 atom stereocenters. The summed E-state index contributed by atoms with van der Waals surface area (Å²) in [7, 11) is 1.69. The highest BCUT2D eigenvalue weighted by Crippen LogP contribution is 2.20. The topological polar surface area (TPSA) is 73.1 Å². The van der Waals surface area contributed by atoms with E-state index in [2.05, 4.69) is 22.3 Å². The molecule has 0 aromatic carbocycles. The van der Waals surface area contributed by atoms with Gasteiger partial charge in [0.25, 0.3) is 0 Å². The highest BCUT2D eigenvalue weighted by atomic mass is 16.5. The third kappa shape index (κ3) is 3.52. The number of nitrogens with two attached hydrogens (primary N) is 1. The molecule has 0 fully saturated rings. The number of methoxy groups -OCH3 is 1. The standard InChI is InChI=1S/C11H20N4O/c1-8-6-13-11(14-7-8)10(15-12)9(2)4-5-16-3/h6-7,9-10,15H,4-5,12H2,1-3H3. The lowest BCUT2D eigenvalue weighted by atomic mass is 9.98. The van der Waals surface area contributed by atoms with Crippen LogP contribution in [0, 0.1) is 12.8 Å². The Kier molecular flexibility index (Phi) is 5.31. The first kappa shape index (κ1) is 13.0. The second-order valence-corrected chi connectivity index (χ2v) is 4.02. The quantitative estimate of drug-likeness (QED) is 0.556. The van der Waals surface area contributed by atoms with Crippen LogP contribution < -0.4 is 11.3 Å². The number of hydrazine groups is 1. The van der Waals surface area contributed by atoms with Crippen LogP contribution in [-0.4, -0.2) is 23.7 Å². The fourth-order valence-electron chi connectivity index (χ4n) is 1.53. The molecule has 0 spiro atoms. The Bertz CT molecular complexity index is 301. The Balaban J connectivity index is 2.69. The summed E-state index contributed by atoms with van der Waals surface area (Å²) in [5.74, 6) is 6.60. The van der Waals surface area contributed by atoms with Gasteiger partial charge in [-0.1, -0.05) is 6.92 Å². The van der Waals surface area contributed by atoms with Crippen molar-refractivity contribution in [1.29, 1.82) is 0 Å². The fourth-order valence-corrected chi connectivity index (χ4v) is 1.53. The first-order valence-electron chi connectivity index (χ1n) is 5.42. The molecule has 2 unspecified atom stereocenters. The van der Waals surface area contributed by atoms with E-state index in [1.54, 1.807) is 19.5 Å². The maximum atomic E-state index is 5.54. The van der Waals surface area contributed by atoms with Gasteiger partial charge in [-0.2, -0.15) is 0 Å². The van der Waals surface area contributed by atoms with E-state index in [1.807, 2.05) is 6.92 Å². The lowest BCUT2D eigenvalue weighted by Crippen LogP contribution is -2.34. The van der Waals surface area contributed by atoms with Crippen molar-refractivity contribution in [2.24, 2.45) is 11.8 Å². The van der Waals surface area contributed by atoms with E-state index < -0.39 is 0 Å². The predicted octanol–water partition coefficient (Wildman–Crippen LogP) is 0.962. The van der Waals surface area contributed by atoms with Crippen LogP contribution in [0.15, 0.2) is 12.4 Å². The van der Waals surface area contributed by atoms with Gasteiger partial charge in [0.05, 0.1) is 6.04 Å². The number of ether oxygens (including phenoxy) is 1. The number of rotatable bonds is 6.